The van der Waals surface area contributed by atoms with Crippen molar-refractivity contribution in [2.75, 3.05) is 26.6 Å². The van der Waals surface area contributed by atoms with Gasteiger partial charge in [-0.2, -0.15) is 11.3 Å². The van der Waals surface area contributed by atoms with E-state index in [-0.39, 0.29) is 17.6 Å². The number of para-hydroxylation sites is 2. The van der Waals surface area contributed by atoms with Crippen LogP contribution in [0, 0.1) is 0 Å². The van der Waals surface area contributed by atoms with Gasteiger partial charge in [-0.25, -0.2) is 0 Å². The van der Waals surface area contributed by atoms with E-state index < -0.39 is 5.92 Å². The minimum atomic E-state index is -0.453. The number of rotatable bonds is 7. The van der Waals surface area contributed by atoms with Crippen molar-refractivity contribution in [3.63, 3.8) is 0 Å². The summed E-state index contributed by atoms with van der Waals surface area (Å²) in [7, 11) is 4.78. The molecule has 7 nitrogen and oxygen atoms in total. The van der Waals surface area contributed by atoms with E-state index in [1.54, 1.807) is 44.8 Å². The largest absolute Gasteiger partial charge is 0.495 e. The zero-order valence-electron chi connectivity index (χ0n) is 21.8. The number of ketones is 1. The fraction of sp³-hybridized carbons (Fsp3) is 0.267. The van der Waals surface area contributed by atoms with Crippen molar-refractivity contribution in [2.45, 2.75) is 31.6 Å². The van der Waals surface area contributed by atoms with E-state index in [9.17, 15) is 9.59 Å². The van der Waals surface area contributed by atoms with E-state index >= 15 is 0 Å². The Kier molecular flexibility index (Phi) is 7.24. The molecule has 1 amide bonds. The van der Waals surface area contributed by atoms with Crippen LogP contribution in [0.2, 0.25) is 0 Å². The standard InChI is InChI=1S/C30H30N2O5S/c1-17-27(30(34)32-21-7-5-6-8-24(21)35-2)28(19-11-12-38-16-19)29-22(31-17)13-20(14-23(29)33)18-9-10-25(36-3)26(15-18)37-4/h5-12,15-16,20,28,31H,13-14H2,1-4H3,(H,32,34)/t20-,28-/m0/s1. The van der Waals surface area contributed by atoms with Crippen molar-refractivity contribution in [3.8, 4) is 17.2 Å². The molecule has 196 valence electrons. The highest BCUT2D eigenvalue weighted by atomic mass is 32.1. The first-order valence-corrected chi connectivity index (χ1v) is 13.3. The molecule has 1 aliphatic carbocycles. The maximum atomic E-state index is 13.8. The minimum absolute atomic E-state index is 0.0200. The Morgan fingerprint density at radius 1 is 0.947 bits per heavy atom. The lowest BCUT2D eigenvalue weighted by Crippen LogP contribution is -2.37. The summed E-state index contributed by atoms with van der Waals surface area (Å²) >= 11 is 1.55. The van der Waals surface area contributed by atoms with Gasteiger partial charge in [0.1, 0.15) is 5.75 Å². The number of anilines is 1. The summed E-state index contributed by atoms with van der Waals surface area (Å²) in [5.74, 6) is 1.15. The number of thiophene rings is 1. The van der Waals surface area contributed by atoms with E-state index in [0.29, 0.717) is 46.9 Å². The number of nitrogens with one attached hydrogen (secondary N) is 2. The Hall–Kier alpha value is -4.04. The number of carbonyl (C=O) groups excluding carboxylic acids is 2. The number of allylic oxidation sites excluding steroid dienone is 3. The smallest absolute Gasteiger partial charge is 0.254 e. The van der Waals surface area contributed by atoms with Gasteiger partial charge >= 0.3 is 0 Å². The molecular weight excluding hydrogens is 500 g/mol. The van der Waals surface area contributed by atoms with Crippen LogP contribution in [-0.2, 0) is 9.59 Å². The summed E-state index contributed by atoms with van der Waals surface area (Å²) in [6.07, 6.45) is 0.993. The zero-order chi connectivity index (χ0) is 26.8. The second kappa shape index (κ2) is 10.8. The van der Waals surface area contributed by atoms with Crippen LogP contribution in [0.5, 0.6) is 17.2 Å². The summed E-state index contributed by atoms with van der Waals surface area (Å²) < 4.78 is 16.3. The maximum Gasteiger partial charge on any atom is 0.254 e. The summed E-state index contributed by atoms with van der Waals surface area (Å²) in [5, 5.41) is 10.4. The van der Waals surface area contributed by atoms with Gasteiger partial charge in [-0.15, -0.1) is 0 Å². The van der Waals surface area contributed by atoms with Gasteiger partial charge in [-0.05, 0) is 71.5 Å². The average Bonchev–Trinajstić information content (AvgIpc) is 3.46. The predicted octanol–water partition coefficient (Wildman–Crippen LogP) is 5.77. The summed E-state index contributed by atoms with van der Waals surface area (Å²) in [5.41, 5.74) is 5.32. The molecule has 0 radical (unpaired) electrons. The first kappa shape index (κ1) is 25.6. The second-order valence-electron chi connectivity index (χ2n) is 9.34. The molecule has 38 heavy (non-hydrogen) atoms. The molecule has 3 aromatic rings. The fourth-order valence-electron chi connectivity index (χ4n) is 5.39. The SMILES string of the molecule is COc1ccccc1NC(=O)C1=C(C)NC2=C(C(=O)C[C@@H](c3ccc(OC)c(OC)c3)C2)[C@H]1c1ccsc1. The van der Waals surface area contributed by atoms with Crippen molar-refractivity contribution < 1.29 is 23.8 Å². The number of carbonyl (C=O) groups is 2. The first-order chi connectivity index (χ1) is 18.4. The molecule has 2 heterocycles. The monoisotopic (exact) mass is 530 g/mol. The lowest BCUT2D eigenvalue weighted by molar-refractivity contribution is -0.116. The molecule has 0 fully saturated rings. The fourth-order valence-corrected chi connectivity index (χ4v) is 6.08. The molecule has 2 aromatic carbocycles. The highest BCUT2D eigenvalue weighted by Gasteiger charge is 2.41. The Labute approximate surface area is 226 Å². The summed E-state index contributed by atoms with van der Waals surface area (Å²) in [6, 6.07) is 15.1. The third-order valence-electron chi connectivity index (χ3n) is 7.18. The van der Waals surface area contributed by atoms with Gasteiger partial charge in [0.15, 0.2) is 17.3 Å². The Balaban J connectivity index is 1.51. The Morgan fingerprint density at radius 2 is 1.71 bits per heavy atom. The van der Waals surface area contributed by atoms with Crippen molar-refractivity contribution >= 4 is 28.7 Å². The lowest BCUT2D eigenvalue weighted by atomic mass is 9.72. The van der Waals surface area contributed by atoms with E-state index in [2.05, 4.69) is 10.6 Å². The maximum absolute atomic E-state index is 13.8. The number of amides is 1. The van der Waals surface area contributed by atoms with Gasteiger partial charge < -0.3 is 24.8 Å². The number of benzene rings is 2. The summed E-state index contributed by atoms with van der Waals surface area (Å²) in [4.78, 5) is 27.5. The second-order valence-corrected chi connectivity index (χ2v) is 10.1. The molecule has 2 N–H and O–H groups in total. The highest BCUT2D eigenvalue weighted by molar-refractivity contribution is 7.08. The van der Waals surface area contributed by atoms with Crippen LogP contribution in [0.4, 0.5) is 5.69 Å². The molecule has 0 saturated heterocycles. The molecule has 2 aliphatic rings. The molecule has 0 unspecified atom stereocenters. The number of dihydropyridines is 1. The van der Waals surface area contributed by atoms with Crippen LogP contribution in [-0.4, -0.2) is 33.0 Å². The Bertz CT molecular complexity index is 1440. The van der Waals surface area contributed by atoms with Crippen LogP contribution in [0.15, 0.2) is 81.8 Å². The minimum Gasteiger partial charge on any atom is -0.495 e. The normalized spacial score (nSPS) is 19.0. The molecule has 5 rings (SSSR count). The van der Waals surface area contributed by atoms with Gasteiger partial charge in [0.05, 0.1) is 27.0 Å². The number of ether oxygens (including phenoxy) is 3. The molecule has 0 bridgehead atoms. The topological polar surface area (TPSA) is 85.9 Å². The van der Waals surface area contributed by atoms with E-state index in [1.165, 1.54) is 0 Å². The predicted molar refractivity (Wildman–Crippen MR) is 148 cm³/mol. The zero-order valence-corrected chi connectivity index (χ0v) is 22.6. The van der Waals surface area contributed by atoms with Gasteiger partial charge in [0.25, 0.3) is 5.91 Å². The van der Waals surface area contributed by atoms with Crippen LogP contribution in [0.1, 0.15) is 42.7 Å². The molecule has 8 heteroatoms. The van der Waals surface area contributed by atoms with Crippen LogP contribution >= 0.6 is 11.3 Å². The van der Waals surface area contributed by atoms with E-state index in [4.69, 9.17) is 14.2 Å². The summed E-state index contributed by atoms with van der Waals surface area (Å²) in [6.45, 7) is 1.89. The molecule has 1 aliphatic heterocycles. The quantitative estimate of drug-likeness (QED) is 0.403. The third kappa shape index (κ3) is 4.67. The van der Waals surface area contributed by atoms with Gasteiger partial charge in [0, 0.05) is 34.9 Å². The average molecular weight is 531 g/mol. The molecule has 0 saturated carbocycles. The third-order valence-corrected chi connectivity index (χ3v) is 7.88. The molecule has 1 aromatic heterocycles. The number of methoxy groups -OCH3 is 3. The van der Waals surface area contributed by atoms with Crippen LogP contribution in [0.3, 0.4) is 0 Å². The molecule has 2 atom stereocenters. The van der Waals surface area contributed by atoms with E-state index in [0.717, 1.165) is 22.5 Å². The van der Waals surface area contributed by atoms with Crippen molar-refractivity contribution in [1.82, 2.24) is 5.32 Å². The van der Waals surface area contributed by atoms with Crippen molar-refractivity contribution in [1.29, 1.82) is 0 Å². The molecule has 0 spiro atoms. The van der Waals surface area contributed by atoms with Crippen molar-refractivity contribution in [2.24, 2.45) is 0 Å². The number of hydrogen-bond donors (Lipinski definition) is 2. The molecular formula is C30H30N2O5S. The number of Topliss-reactive ketones (excluding diaryl/α,β-unsaturated/α-hetero) is 1. The highest BCUT2D eigenvalue weighted by Crippen LogP contribution is 2.47. The van der Waals surface area contributed by atoms with Gasteiger partial charge in [-0.1, -0.05) is 18.2 Å². The Morgan fingerprint density at radius 3 is 2.42 bits per heavy atom. The first-order valence-electron chi connectivity index (χ1n) is 12.4. The van der Waals surface area contributed by atoms with Gasteiger partial charge in [-0.3, -0.25) is 9.59 Å². The van der Waals surface area contributed by atoms with Gasteiger partial charge in [0.2, 0.25) is 0 Å². The van der Waals surface area contributed by atoms with E-state index in [1.807, 2.05) is 54.1 Å². The number of hydrogen-bond acceptors (Lipinski definition) is 7. The van der Waals surface area contributed by atoms with Crippen molar-refractivity contribution in [3.05, 3.63) is 93.0 Å². The van der Waals surface area contributed by atoms with Crippen LogP contribution < -0.4 is 24.8 Å². The lowest BCUT2D eigenvalue weighted by Gasteiger charge is -2.36. The van der Waals surface area contributed by atoms with Crippen LogP contribution in [0.25, 0.3) is 0 Å².